The topological polar surface area (TPSA) is 38.3 Å². The van der Waals surface area contributed by atoms with Crippen LogP contribution in [0.15, 0.2) is 18.2 Å². The molecule has 0 aliphatic carbocycles. The molecule has 0 aliphatic heterocycles. The van der Waals surface area contributed by atoms with Gasteiger partial charge in [-0.15, -0.1) is 0 Å². The van der Waals surface area contributed by atoms with E-state index < -0.39 is 17.8 Å². The summed E-state index contributed by atoms with van der Waals surface area (Å²) in [7, 11) is 0. The van der Waals surface area contributed by atoms with Gasteiger partial charge in [-0.1, -0.05) is 6.07 Å². The number of aryl methyl sites for hydroxylation is 1. The van der Waals surface area contributed by atoms with E-state index >= 15 is 0 Å². The molecule has 3 nitrogen and oxygen atoms in total. The van der Waals surface area contributed by atoms with Gasteiger partial charge in [-0.25, -0.2) is 4.79 Å². The first-order chi connectivity index (χ1) is 8.20. The van der Waals surface area contributed by atoms with Crippen LogP contribution in [0.1, 0.15) is 25.0 Å². The van der Waals surface area contributed by atoms with Crippen LogP contribution in [0.25, 0.3) is 0 Å². The molecule has 18 heavy (non-hydrogen) atoms. The quantitative estimate of drug-likeness (QED) is 0.874. The lowest BCUT2D eigenvalue weighted by molar-refractivity contribution is -0.137. The van der Waals surface area contributed by atoms with Crippen LogP contribution in [0.4, 0.5) is 23.7 Å². The fraction of sp³-hybridized carbons (Fsp3) is 0.417. The highest BCUT2D eigenvalue weighted by molar-refractivity contribution is 5.85. The Morgan fingerprint density at radius 2 is 1.94 bits per heavy atom. The molecule has 0 saturated carbocycles. The van der Waals surface area contributed by atoms with Gasteiger partial charge in [0.15, 0.2) is 0 Å². The van der Waals surface area contributed by atoms with Gasteiger partial charge in [0.05, 0.1) is 11.7 Å². The van der Waals surface area contributed by atoms with Crippen molar-refractivity contribution in [1.82, 2.24) is 0 Å². The van der Waals surface area contributed by atoms with E-state index in [9.17, 15) is 18.0 Å². The number of halogens is 3. The number of carbonyl (C=O) groups excluding carboxylic acids is 1. The molecule has 0 unspecified atom stereocenters. The van der Waals surface area contributed by atoms with E-state index in [2.05, 4.69) is 5.32 Å². The molecule has 0 spiro atoms. The molecule has 0 atom stereocenters. The summed E-state index contributed by atoms with van der Waals surface area (Å²) in [4.78, 5) is 11.3. The molecule has 6 heteroatoms. The second-order valence-electron chi connectivity index (χ2n) is 4.11. The van der Waals surface area contributed by atoms with Crippen molar-refractivity contribution in [3.63, 3.8) is 0 Å². The third kappa shape index (κ3) is 3.94. The number of benzene rings is 1. The van der Waals surface area contributed by atoms with E-state index in [-0.39, 0.29) is 11.8 Å². The van der Waals surface area contributed by atoms with E-state index in [0.29, 0.717) is 5.56 Å². The predicted octanol–water partition coefficient (Wildman–Crippen LogP) is 3.97. The molecule has 1 aromatic carbocycles. The predicted molar refractivity (Wildman–Crippen MR) is 61.4 cm³/mol. The highest BCUT2D eigenvalue weighted by atomic mass is 19.4. The van der Waals surface area contributed by atoms with Crippen molar-refractivity contribution < 1.29 is 22.7 Å². The number of nitrogens with one attached hydrogen (secondary N) is 1. The Bertz CT molecular complexity index is 441. The molecule has 0 heterocycles. The molecule has 100 valence electrons. The number of alkyl halides is 3. The number of rotatable bonds is 2. The van der Waals surface area contributed by atoms with E-state index in [1.165, 1.54) is 6.07 Å². The monoisotopic (exact) mass is 261 g/mol. The Morgan fingerprint density at radius 3 is 2.44 bits per heavy atom. The average molecular weight is 261 g/mol. The Hall–Kier alpha value is -1.72. The number of anilines is 1. The van der Waals surface area contributed by atoms with Crippen molar-refractivity contribution in [2.24, 2.45) is 0 Å². The van der Waals surface area contributed by atoms with Crippen molar-refractivity contribution in [3.05, 3.63) is 29.3 Å². The molecule has 1 amide bonds. The van der Waals surface area contributed by atoms with Crippen LogP contribution in [0.3, 0.4) is 0 Å². The maximum Gasteiger partial charge on any atom is 0.416 e. The Balaban J connectivity index is 2.92. The summed E-state index contributed by atoms with van der Waals surface area (Å²) in [5.74, 6) is 0. The smallest absolute Gasteiger partial charge is 0.416 e. The third-order valence-corrected chi connectivity index (χ3v) is 2.14. The van der Waals surface area contributed by atoms with Gasteiger partial charge in [0, 0.05) is 5.69 Å². The molecule has 1 rings (SSSR count). The first kappa shape index (κ1) is 14.3. The summed E-state index contributed by atoms with van der Waals surface area (Å²) in [6.07, 6.45) is -5.55. The van der Waals surface area contributed by atoms with E-state index in [0.717, 1.165) is 12.1 Å². The van der Waals surface area contributed by atoms with Crippen LogP contribution in [0.2, 0.25) is 0 Å². The van der Waals surface area contributed by atoms with Gasteiger partial charge in [0.2, 0.25) is 0 Å². The highest BCUT2D eigenvalue weighted by Crippen LogP contribution is 2.32. The summed E-state index contributed by atoms with van der Waals surface area (Å²) < 4.78 is 42.3. The fourth-order valence-electron chi connectivity index (χ4n) is 1.29. The third-order valence-electron chi connectivity index (χ3n) is 2.14. The summed E-state index contributed by atoms with van der Waals surface area (Å²) in [6, 6.07) is 3.15. The maximum atomic E-state index is 12.5. The van der Waals surface area contributed by atoms with Crippen molar-refractivity contribution in [2.75, 3.05) is 5.32 Å². The molecular weight excluding hydrogens is 247 g/mol. The van der Waals surface area contributed by atoms with E-state index in [1.54, 1.807) is 20.8 Å². The zero-order chi connectivity index (χ0) is 13.9. The SMILES string of the molecule is Cc1ccc(C(F)(F)F)cc1NC(=O)OC(C)C. The van der Waals surface area contributed by atoms with Crippen molar-refractivity contribution in [2.45, 2.75) is 33.1 Å². The van der Waals surface area contributed by atoms with Crippen LogP contribution < -0.4 is 5.32 Å². The number of amides is 1. The van der Waals surface area contributed by atoms with Crippen molar-refractivity contribution >= 4 is 11.8 Å². The number of hydrogen-bond acceptors (Lipinski definition) is 2. The lowest BCUT2D eigenvalue weighted by Gasteiger charge is -2.13. The van der Waals surface area contributed by atoms with Gasteiger partial charge in [-0.2, -0.15) is 13.2 Å². The molecule has 0 bridgehead atoms. The van der Waals surface area contributed by atoms with Crippen LogP contribution >= 0.6 is 0 Å². The van der Waals surface area contributed by atoms with Gasteiger partial charge in [0.25, 0.3) is 0 Å². The molecule has 0 saturated heterocycles. The minimum Gasteiger partial charge on any atom is -0.447 e. The summed E-state index contributed by atoms with van der Waals surface area (Å²) in [5.41, 5.74) is -0.188. The minimum atomic E-state index is -4.44. The van der Waals surface area contributed by atoms with Gasteiger partial charge in [-0.05, 0) is 38.5 Å². The highest BCUT2D eigenvalue weighted by Gasteiger charge is 2.31. The summed E-state index contributed by atoms with van der Waals surface area (Å²) in [6.45, 7) is 4.91. The Labute approximate surface area is 103 Å². The number of ether oxygens (including phenoxy) is 1. The zero-order valence-electron chi connectivity index (χ0n) is 10.3. The molecule has 0 aromatic heterocycles. The fourth-order valence-corrected chi connectivity index (χ4v) is 1.29. The van der Waals surface area contributed by atoms with E-state index in [1.807, 2.05) is 0 Å². The zero-order valence-corrected chi connectivity index (χ0v) is 10.3. The van der Waals surface area contributed by atoms with Gasteiger partial charge in [0.1, 0.15) is 0 Å². The number of carbonyl (C=O) groups is 1. The Morgan fingerprint density at radius 1 is 1.33 bits per heavy atom. The second-order valence-corrected chi connectivity index (χ2v) is 4.11. The molecule has 0 fully saturated rings. The first-order valence-corrected chi connectivity index (χ1v) is 5.35. The van der Waals surface area contributed by atoms with Crippen LogP contribution in [-0.4, -0.2) is 12.2 Å². The van der Waals surface area contributed by atoms with Crippen LogP contribution in [0, 0.1) is 6.92 Å². The second kappa shape index (κ2) is 5.29. The maximum absolute atomic E-state index is 12.5. The molecular formula is C12H14F3NO2. The van der Waals surface area contributed by atoms with Crippen LogP contribution in [-0.2, 0) is 10.9 Å². The summed E-state index contributed by atoms with van der Waals surface area (Å²) in [5, 5.41) is 2.29. The minimum absolute atomic E-state index is 0.0930. The van der Waals surface area contributed by atoms with Crippen molar-refractivity contribution in [3.8, 4) is 0 Å². The van der Waals surface area contributed by atoms with Gasteiger partial charge < -0.3 is 4.74 Å². The normalized spacial score (nSPS) is 11.5. The van der Waals surface area contributed by atoms with E-state index in [4.69, 9.17) is 4.74 Å². The molecule has 0 radical (unpaired) electrons. The molecule has 1 N–H and O–H groups in total. The Kier molecular flexibility index (Phi) is 4.21. The number of hydrogen-bond donors (Lipinski definition) is 1. The molecule has 1 aromatic rings. The first-order valence-electron chi connectivity index (χ1n) is 5.35. The summed E-state index contributed by atoms with van der Waals surface area (Å²) >= 11 is 0. The molecule has 0 aliphatic rings. The van der Waals surface area contributed by atoms with Crippen LogP contribution in [0.5, 0.6) is 0 Å². The van der Waals surface area contributed by atoms with Gasteiger partial charge in [-0.3, -0.25) is 5.32 Å². The van der Waals surface area contributed by atoms with Gasteiger partial charge >= 0.3 is 12.3 Å². The average Bonchev–Trinajstić information content (AvgIpc) is 2.18. The largest absolute Gasteiger partial charge is 0.447 e. The van der Waals surface area contributed by atoms with Crippen molar-refractivity contribution in [1.29, 1.82) is 0 Å². The lowest BCUT2D eigenvalue weighted by Crippen LogP contribution is -2.19. The lowest BCUT2D eigenvalue weighted by atomic mass is 10.1. The standard InChI is InChI=1S/C12H14F3NO2/c1-7(2)18-11(17)16-10-6-9(12(13,14)15)5-4-8(10)3/h4-7H,1-3H3,(H,16,17).